The van der Waals surface area contributed by atoms with Crippen molar-refractivity contribution in [3.63, 3.8) is 0 Å². The second kappa shape index (κ2) is 7.00. The van der Waals surface area contributed by atoms with E-state index in [0.717, 1.165) is 38.6 Å². The maximum atomic E-state index is 15.2. The summed E-state index contributed by atoms with van der Waals surface area (Å²) in [4.78, 5) is 4.84. The van der Waals surface area contributed by atoms with E-state index < -0.39 is 5.67 Å². The summed E-state index contributed by atoms with van der Waals surface area (Å²) in [6.07, 6.45) is 3.88. The number of halogens is 1. The lowest BCUT2D eigenvalue weighted by Crippen LogP contribution is -2.51. The number of nitrogens with zero attached hydrogens (tertiary/aromatic N) is 2. The fourth-order valence-electron chi connectivity index (χ4n) is 4.30. The maximum absolute atomic E-state index is 15.2. The summed E-state index contributed by atoms with van der Waals surface area (Å²) in [5, 5.41) is 0. The van der Waals surface area contributed by atoms with E-state index in [1.165, 1.54) is 12.8 Å². The summed E-state index contributed by atoms with van der Waals surface area (Å²) in [6, 6.07) is 0. The molecule has 0 aromatic heterocycles. The molecule has 0 spiro atoms. The van der Waals surface area contributed by atoms with Crippen LogP contribution in [0.25, 0.3) is 0 Å². The zero-order valence-electron chi connectivity index (χ0n) is 16.4. The molecule has 2 nitrogen and oxygen atoms in total. The highest BCUT2D eigenvalue weighted by Crippen LogP contribution is 2.36. The molecule has 0 unspecified atom stereocenters. The lowest BCUT2D eigenvalue weighted by molar-refractivity contribution is 0.00138. The Kier molecular flexibility index (Phi) is 5.83. The number of alkyl halides is 1. The van der Waals surface area contributed by atoms with Crippen LogP contribution in [-0.2, 0) is 0 Å². The van der Waals surface area contributed by atoms with Gasteiger partial charge in [0.15, 0.2) is 0 Å². The molecule has 0 N–H and O–H groups in total. The van der Waals surface area contributed by atoms with Crippen LogP contribution in [0.1, 0.15) is 67.2 Å². The third-order valence-corrected chi connectivity index (χ3v) is 5.77. The molecule has 2 rings (SSSR count). The topological polar surface area (TPSA) is 6.48 Å². The van der Waals surface area contributed by atoms with Crippen LogP contribution in [0, 0.1) is 16.7 Å². The highest BCUT2D eigenvalue weighted by molar-refractivity contribution is 4.91. The fourth-order valence-corrected chi connectivity index (χ4v) is 4.30. The lowest BCUT2D eigenvalue weighted by Gasteiger charge is -2.44. The molecule has 23 heavy (non-hydrogen) atoms. The Morgan fingerprint density at radius 1 is 0.870 bits per heavy atom. The second-order valence-electron chi connectivity index (χ2n) is 10.4. The Morgan fingerprint density at radius 3 is 1.83 bits per heavy atom. The average molecular weight is 327 g/mol. The van der Waals surface area contributed by atoms with Crippen LogP contribution >= 0.6 is 0 Å². The molecule has 0 bridgehead atoms. The molecule has 0 aromatic carbocycles. The van der Waals surface area contributed by atoms with E-state index in [-0.39, 0.29) is 0 Å². The van der Waals surface area contributed by atoms with Crippen molar-refractivity contribution in [2.45, 2.75) is 72.9 Å². The SMILES string of the molecule is CC(C)(C)CN1CCC(F)(CN2CCC(C(C)(C)C)CC2)CC1. The molecular formula is C20H39FN2. The standard InChI is InChI=1S/C20H39FN2/c1-18(2,3)15-23-13-9-20(21,10-14-23)16-22-11-7-17(8-12-22)19(4,5)6/h17H,7-16H2,1-6H3. The van der Waals surface area contributed by atoms with Gasteiger partial charge in [-0.25, -0.2) is 4.39 Å². The number of hydrogen-bond donors (Lipinski definition) is 0. The van der Waals surface area contributed by atoms with Gasteiger partial charge >= 0.3 is 0 Å². The zero-order valence-corrected chi connectivity index (χ0v) is 16.4. The van der Waals surface area contributed by atoms with Crippen LogP contribution in [0.15, 0.2) is 0 Å². The molecule has 0 radical (unpaired) electrons. The van der Waals surface area contributed by atoms with Crippen molar-refractivity contribution < 1.29 is 4.39 Å². The van der Waals surface area contributed by atoms with Crippen LogP contribution < -0.4 is 0 Å². The van der Waals surface area contributed by atoms with E-state index in [4.69, 9.17) is 0 Å². The molecule has 136 valence electrons. The number of piperidine rings is 2. The van der Waals surface area contributed by atoms with Gasteiger partial charge in [0.2, 0.25) is 0 Å². The first-order chi connectivity index (χ1) is 10.5. The summed E-state index contributed by atoms with van der Waals surface area (Å²) in [5.41, 5.74) is -0.244. The minimum atomic E-state index is -0.955. The van der Waals surface area contributed by atoms with Crippen molar-refractivity contribution in [2.24, 2.45) is 16.7 Å². The second-order valence-corrected chi connectivity index (χ2v) is 10.4. The molecule has 2 aliphatic rings. The predicted molar refractivity (Wildman–Crippen MR) is 97.6 cm³/mol. The van der Waals surface area contributed by atoms with Crippen molar-refractivity contribution >= 4 is 0 Å². The van der Waals surface area contributed by atoms with E-state index in [9.17, 15) is 0 Å². The largest absolute Gasteiger partial charge is 0.303 e. The minimum Gasteiger partial charge on any atom is -0.303 e. The highest BCUT2D eigenvalue weighted by Gasteiger charge is 2.38. The fraction of sp³-hybridized carbons (Fsp3) is 1.00. The third-order valence-electron chi connectivity index (χ3n) is 5.77. The Hall–Kier alpha value is -0.150. The van der Waals surface area contributed by atoms with Crippen LogP contribution in [-0.4, -0.2) is 54.7 Å². The van der Waals surface area contributed by atoms with E-state index in [2.05, 4.69) is 51.3 Å². The Morgan fingerprint density at radius 2 is 1.39 bits per heavy atom. The molecule has 0 amide bonds. The van der Waals surface area contributed by atoms with Gasteiger partial charge in [-0.3, -0.25) is 0 Å². The molecule has 0 aromatic rings. The van der Waals surface area contributed by atoms with E-state index in [1.54, 1.807) is 0 Å². The molecule has 2 saturated heterocycles. The molecule has 3 heteroatoms. The van der Waals surface area contributed by atoms with Gasteiger partial charge in [0, 0.05) is 26.2 Å². The smallest absolute Gasteiger partial charge is 0.126 e. The molecule has 2 aliphatic heterocycles. The van der Waals surface area contributed by atoms with Crippen LogP contribution in [0.2, 0.25) is 0 Å². The quantitative estimate of drug-likeness (QED) is 0.748. The molecule has 2 fully saturated rings. The zero-order chi connectivity index (χ0) is 17.3. The van der Waals surface area contributed by atoms with Crippen molar-refractivity contribution in [3.8, 4) is 0 Å². The van der Waals surface area contributed by atoms with E-state index in [0.29, 0.717) is 30.2 Å². The summed E-state index contributed by atoms with van der Waals surface area (Å²) in [5.74, 6) is 0.794. The summed E-state index contributed by atoms with van der Waals surface area (Å²) >= 11 is 0. The first kappa shape index (κ1) is 19.2. The minimum absolute atomic E-state index is 0.311. The molecule has 0 saturated carbocycles. The number of likely N-dealkylation sites (tertiary alicyclic amines) is 2. The monoisotopic (exact) mass is 326 g/mol. The predicted octanol–water partition coefficient (Wildman–Crippen LogP) is 4.59. The van der Waals surface area contributed by atoms with Crippen LogP contribution in [0.5, 0.6) is 0 Å². The van der Waals surface area contributed by atoms with Gasteiger partial charge in [0.25, 0.3) is 0 Å². The first-order valence-electron chi connectivity index (χ1n) is 9.61. The van der Waals surface area contributed by atoms with Gasteiger partial charge in [-0.1, -0.05) is 41.5 Å². The van der Waals surface area contributed by atoms with Gasteiger partial charge in [-0.05, 0) is 55.5 Å². The summed E-state index contributed by atoms with van der Waals surface area (Å²) < 4.78 is 15.2. The van der Waals surface area contributed by atoms with Crippen molar-refractivity contribution in [2.75, 3.05) is 39.3 Å². The maximum Gasteiger partial charge on any atom is 0.126 e. The van der Waals surface area contributed by atoms with Crippen LogP contribution in [0.3, 0.4) is 0 Å². The van der Waals surface area contributed by atoms with Gasteiger partial charge in [0.05, 0.1) is 0 Å². The van der Waals surface area contributed by atoms with Gasteiger partial charge in [0.1, 0.15) is 5.67 Å². The van der Waals surface area contributed by atoms with Crippen LogP contribution in [0.4, 0.5) is 4.39 Å². The molecule has 0 aliphatic carbocycles. The molecule has 0 atom stereocenters. The van der Waals surface area contributed by atoms with Crippen molar-refractivity contribution in [3.05, 3.63) is 0 Å². The number of rotatable bonds is 3. The Bertz CT molecular complexity index is 364. The van der Waals surface area contributed by atoms with Gasteiger partial charge in [-0.2, -0.15) is 0 Å². The lowest BCUT2D eigenvalue weighted by atomic mass is 9.75. The molecular weight excluding hydrogens is 287 g/mol. The van der Waals surface area contributed by atoms with Gasteiger partial charge in [-0.15, -0.1) is 0 Å². The first-order valence-corrected chi connectivity index (χ1v) is 9.61. The van der Waals surface area contributed by atoms with E-state index >= 15 is 4.39 Å². The highest BCUT2D eigenvalue weighted by atomic mass is 19.1. The van der Waals surface area contributed by atoms with Crippen molar-refractivity contribution in [1.82, 2.24) is 9.80 Å². The summed E-state index contributed by atoms with van der Waals surface area (Å²) in [6.45, 7) is 19.6. The van der Waals surface area contributed by atoms with E-state index in [1.807, 2.05) is 0 Å². The summed E-state index contributed by atoms with van der Waals surface area (Å²) in [7, 11) is 0. The Balaban J connectivity index is 1.76. The van der Waals surface area contributed by atoms with Crippen molar-refractivity contribution in [1.29, 1.82) is 0 Å². The average Bonchev–Trinajstić information content (AvgIpc) is 2.40. The third kappa shape index (κ3) is 6.01. The Labute approximate surface area is 143 Å². The molecule has 2 heterocycles. The number of hydrogen-bond acceptors (Lipinski definition) is 2. The normalized spacial score (nSPS) is 25.7. The van der Waals surface area contributed by atoms with Gasteiger partial charge < -0.3 is 9.80 Å².